The van der Waals surface area contributed by atoms with Crippen LogP contribution in [-0.2, 0) is 23.5 Å². The zero-order valence-electron chi connectivity index (χ0n) is 22.3. The van der Waals surface area contributed by atoms with Gasteiger partial charge in [-0.2, -0.15) is 8.78 Å². The molecular formula is C30H40F5NO. The normalized spacial score (nSPS) is 18.4. The van der Waals surface area contributed by atoms with E-state index in [9.17, 15) is 4.39 Å². The van der Waals surface area contributed by atoms with Gasteiger partial charge in [0, 0.05) is 11.8 Å². The van der Waals surface area contributed by atoms with Crippen LogP contribution in [0.15, 0.2) is 24.4 Å². The number of ether oxygens (including phenoxy) is 1. The molecule has 0 saturated carbocycles. The molecule has 1 aromatic heterocycles. The molecule has 206 valence electrons. The van der Waals surface area contributed by atoms with E-state index in [1.807, 2.05) is 13.0 Å². The second-order valence-corrected chi connectivity index (χ2v) is 10.5. The molecule has 1 heterocycles. The van der Waals surface area contributed by atoms with E-state index in [-0.39, 0.29) is 36.1 Å². The fourth-order valence-corrected chi connectivity index (χ4v) is 5.10. The fourth-order valence-electron chi connectivity index (χ4n) is 5.10. The first kappa shape index (κ1) is 29.5. The number of unbranched alkanes of at least 4 members (excludes halogenated alkanes) is 4. The second kappa shape index (κ2) is 13.7. The molecule has 2 aromatic rings. The summed E-state index contributed by atoms with van der Waals surface area (Å²) in [5, 5.41) is 0. The number of benzene rings is 1. The summed E-state index contributed by atoms with van der Waals surface area (Å²) in [7, 11) is 0. The molecule has 3 rings (SSSR count). The van der Waals surface area contributed by atoms with Gasteiger partial charge in [-0.15, -0.1) is 0 Å². The molecule has 1 aliphatic carbocycles. The Labute approximate surface area is 218 Å². The number of hydrogen-bond acceptors (Lipinski definition) is 2. The Bertz CT molecular complexity index is 994. The van der Waals surface area contributed by atoms with Gasteiger partial charge in [-0.05, 0) is 54.9 Å². The van der Waals surface area contributed by atoms with Crippen molar-refractivity contribution in [2.45, 2.75) is 110 Å². The predicted molar refractivity (Wildman–Crippen MR) is 138 cm³/mol. The van der Waals surface area contributed by atoms with E-state index in [0.29, 0.717) is 12.3 Å². The number of nitrogens with zero attached hydrogens (tertiary/aromatic N) is 1. The molecule has 0 fully saturated rings. The third-order valence-corrected chi connectivity index (χ3v) is 7.29. The van der Waals surface area contributed by atoms with E-state index in [1.54, 1.807) is 12.3 Å². The molecule has 0 bridgehead atoms. The lowest BCUT2D eigenvalue weighted by atomic mass is 9.84. The van der Waals surface area contributed by atoms with E-state index < -0.39 is 42.0 Å². The Hall–Kier alpha value is -2.02. The average Bonchev–Trinajstić information content (AvgIpc) is 2.87. The van der Waals surface area contributed by atoms with Crippen molar-refractivity contribution in [1.29, 1.82) is 0 Å². The number of rotatable bonds is 14. The molecule has 0 N–H and O–H groups in total. The van der Waals surface area contributed by atoms with Gasteiger partial charge in [0.05, 0.1) is 17.9 Å². The maximum atomic E-state index is 15.2. The van der Waals surface area contributed by atoms with Crippen molar-refractivity contribution in [3.05, 3.63) is 52.7 Å². The van der Waals surface area contributed by atoms with Crippen molar-refractivity contribution in [2.75, 3.05) is 6.61 Å². The highest BCUT2D eigenvalue weighted by Gasteiger charge is 2.50. The lowest BCUT2D eigenvalue weighted by molar-refractivity contribution is -0.160. The molecule has 1 aliphatic rings. The first-order valence-corrected chi connectivity index (χ1v) is 13.8. The molecule has 0 amide bonds. The van der Waals surface area contributed by atoms with E-state index in [0.717, 1.165) is 50.5 Å². The van der Waals surface area contributed by atoms with Gasteiger partial charge < -0.3 is 4.74 Å². The highest BCUT2D eigenvalue weighted by molar-refractivity contribution is 5.63. The van der Waals surface area contributed by atoms with E-state index in [2.05, 4.69) is 18.8 Å². The second-order valence-electron chi connectivity index (χ2n) is 10.5. The minimum absolute atomic E-state index is 0.0363. The zero-order valence-corrected chi connectivity index (χ0v) is 22.3. The topological polar surface area (TPSA) is 22.1 Å². The van der Waals surface area contributed by atoms with Crippen LogP contribution in [0.5, 0.6) is 0 Å². The Morgan fingerprint density at radius 1 is 1.03 bits per heavy atom. The summed E-state index contributed by atoms with van der Waals surface area (Å²) in [4.78, 5) is 4.31. The fraction of sp³-hybridized carbons (Fsp3) is 0.633. The Morgan fingerprint density at radius 2 is 1.78 bits per heavy atom. The van der Waals surface area contributed by atoms with Gasteiger partial charge in [0.2, 0.25) is 0 Å². The van der Waals surface area contributed by atoms with Gasteiger partial charge in [-0.25, -0.2) is 13.2 Å². The minimum atomic E-state index is -3.76. The summed E-state index contributed by atoms with van der Waals surface area (Å²) in [6.07, 6.45) is 6.59. The summed E-state index contributed by atoms with van der Waals surface area (Å²) in [6.45, 7) is 5.89. The predicted octanol–water partition coefficient (Wildman–Crippen LogP) is 9.13. The Morgan fingerprint density at radius 3 is 2.46 bits per heavy atom. The maximum absolute atomic E-state index is 15.2. The van der Waals surface area contributed by atoms with Crippen LogP contribution in [0.2, 0.25) is 0 Å². The first-order valence-electron chi connectivity index (χ1n) is 13.8. The van der Waals surface area contributed by atoms with Gasteiger partial charge in [0.1, 0.15) is 12.3 Å². The monoisotopic (exact) mass is 525 g/mol. The van der Waals surface area contributed by atoms with Crippen LogP contribution in [0.1, 0.15) is 95.2 Å². The Balaban J connectivity index is 1.72. The third-order valence-electron chi connectivity index (χ3n) is 7.29. The minimum Gasteiger partial charge on any atom is -0.369 e. The summed E-state index contributed by atoms with van der Waals surface area (Å²) in [6, 6.07) is 4.71. The van der Waals surface area contributed by atoms with Crippen LogP contribution in [0.25, 0.3) is 11.3 Å². The van der Waals surface area contributed by atoms with Crippen molar-refractivity contribution in [3.8, 4) is 11.3 Å². The highest BCUT2D eigenvalue weighted by atomic mass is 19.3. The van der Waals surface area contributed by atoms with Crippen LogP contribution >= 0.6 is 0 Å². The van der Waals surface area contributed by atoms with Gasteiger partial charge in [0.25, 0.3) is 0 Å². The van der Waals surface area contributed by atoms with E-state index >= 15 is 17.6 Å². The molecule has 7 heteroatoms. The summed E-state index contributed by atoms with van der Waals surface area (Å²) in [5.74, 6) is -6.21. The lowest BCUT2D eigenvalue weighted by Crippen LogP contribution is -2.40. The quantitative estimate of drug-likeness (QED) is 0.181. The van der Waals surface area contributed by atoms with Crippen molar-refractivity contribution < 1.29 is 26.7 Å². The number of pyridine rings is 1. The van der Waals surface area contributed by atoms with Gasteiger partial charge in [0.15, 0.2) is 11.6 Å². The molecule has 3 atom stereocenters. The summed E-state index contributed by atoms with van der Waals surface area (Å²) >= 11 is 0. The van der Waals surface area contributed by atoms with Crippen LogP contribution in [-0.4, -0.2) is 23.9 Å². The molecular weight excluding hydrogens is 485 g/mol. The number of aromatic nitrogens is 1. The van der Waals surface area contributed by atoms with E-state index in [4.69, 9.17) is 4.74 Å². The van der Waals surface area contributed by atoms with Crippen molar-refractivity contribution in [3.63, 3.8) is 0 Å². The number of fused-ring (bicyclic) bond motifs is 1. The van der Waals surface area contributed by atoms with Crippen molar-refractivity contribution >= 4 is 0 Å². The molecule has 0 aliphatic heterocycles. The third kappa shape index (κ3) is 7.52. The van der Waals surface area contributed by atoms with Crippen molar-refractivity contribution in [1.82, 2.24) is 4.98 Å². The SMILES string of the molecule is CCCCCCC(F)COC1CCc2cc(-c3ccc(CC(C)CCCC)cn3)c(F)c(F)c2C1(F)F. The number of aryl methyl sites for hydroxylation is 1. The summed E-state index contributed by atoms with van der Waals surface area (Å²) in [5.41, 5.74) is 0.121. The van der Waals surface area contributed by atoms with Crippen LogP contribution < -0.4 is 0 Å². The molecule has 0 radical (unpaired) electrons. The van der Waals surface area contributed by atoms with E-state index in [1.165, 1.54) is 6.07 Å². The molecule has 37 heavy (non-hydrogen) atoms. The molecule has 0 saturated heterocycles. The van der Waals surface area contributed by atoms with Gasteiger partial charge >= 0.3 is 5.92 Å². The molecule has 3 unspecified atom stereocenters. The van der Waals surface area contributed by atoms with Crippen LogP contribution in [0, 0.1) is 17.6 Å². The highest BCUT2D eigenvalue weighted by Crippen LogP contribution is 2.45. The largest absolute Gasteiger partial charge is 0.369 e. The Kier molecular flexibility index (Phi) is 10.9. The zero-order chi connectivity index (χ0) is 27.0. The number of halogens is 5. The maximum Gasteiger partial charge on any atom is 0.302 e. The number of hydrogen-bond donors (Lipinski definition) is 0. The van der Waals surface area contributed by atoms with Gasteiger partial charge in [-0.1, -0.05) is 71.8 Å². The first-order chi connectivity index (χ1) is 17.7. The number of alkyl halides is 3. The van der Waals surface area contributed by atoms with Crippen LogP contribution in [0.4, 0.5) is 22.0 Å². The van der Waals surface area contributed by atoms with Crippen molar-refractivity contribution in [2.24, 2.45) is 5.92 Å². The average molecular weight is 526 g/mol. The molecule has 1 aromatic carbocycles. The molecule has 0 spiro atoms. The van der Waals surface area contributed by atoms with Crippen LogP contribution in [0.3, 0.4) is 0 Å². The summed E-state index contributed by atoms with van der Waals surface area (Å²) < 4.78 is 80.0. The lowest BCUT2D eigenvalue weighted by Gasteiger charge is -2.34. The smallest absolute Gasteiger partial charge is 0.302 e. The molecule has 2 nitrogen and oxygen atoms in total. The standard InChI is InChI=1S/C30H40F5NO/c1-4-6-8-9-11-23(31)19-37-26-15-13-22-17-24(28(32)29(33)27(22)30(26,34)35)25-14-12-21(18-36-25)16-20(3)10-7-5-2/h12,14,17-18,20,23,26H,4-11,13,15-16,19H2,1-3H3. The van der Waals surface area contributed by atoms with Gasteiger partial charge in [-0.3, -0.25) is 4.98 Å².